The predicted octanol–water partition coefficient (Wildman–Crippen LogP) is 0.911. The molecule has 1 atom stereocenters. The van der Waals surface area contributed by atoms with Crippen LogP contribution in [0.15, 0.2) is 16.3 Å². The van der Waals surface area contributed by atoms with Crippen LogP contribution < -0.4 is 5.32 Å². The number of piperazine rings is 1. The Hall–Kier alpha value is -1.14. The maximum Gasteiger partial charge on any atom is 0.265 e. The van der Waals surface area contributed by atoms with E-state index in [1.807, 2.05) is 6.92 Å². The second kappa shape index (κ2) is 9.15. The minimum atomic E-state index is -3.65. The molecule has 2 amide bonds. The van der Waals surface area contributed by atoms with Gasteiger partial charge in [-0.05, 0) is 31.2 Å². The van der Waals surface area contributed by atoms with Gasteiger partial charge < -0.3 is 10.2 Å². The highest BCUT2D eigenvalue weighted by atomic mass is 32.2. The summed E-state index contributed by atoms with van der Waals surface area (Å²) in [6.07, 6.45) is 2.12. The van der Waals surface area contributed by atoms with Gasteiger partial charge in [-0.25, -0.2) is 8.42 Å². The van der Waals surface area contributed by atoms with Crippen LogP contribution in [0.3, 0.4) is 0 Å². The highest BCUT2D eigenvalue weighted by Gasteiger charge is 2.35. The molecule has 0 radical (unpaired) electrons. The number of sulfonamides is 1. The zero-order valence-corrected chi connectivity index (χ0v) is 19.5. The Morgan fingerprint density at radius 3 is 2.40 bits per heavy atom. The van der Waals surface area contributed by atoms with E-state index in [9.17, 15) is 18.0 Å². The molecule has 3 heterocycles. The minimum Gasteiger partial charge on any atom is -0.352 e. The van der Waals surface area contributed by atoms with Crippen molar-refractivity contribution >= 4 is 44.9 Å². The van der Waals surface area contributed by atoms with Crippen molar-refractivity contribution in [1.29, 1.82) is 0 Å². The zero-order valence-electron chi connectivity index (χ0n) is 17.1. The van der Waals surface area contributed by atoms with Crippen molar-refractivity contribution < 1.29 is 18.0 Å². The lowest BCUT2D eigenvalue weighted by Crippen LogP contribution is -2.55. The molecule has 1 unspecified atom stereocenters. The van der Waals surface area contributed by atoms with Gasteiger partial charge in [0.1, 0.15) is 9.77 Å². The molecule has 166 valence electrons. The predicted molar refractivity (Wildman–Crippen MR) is 119 cm³/mol. The van der Waals surface area contributed by atoms with Gasteiger partial charge in [0, 0.05) is 56.8 Å². The molecule has 2 aliphatic heterocycles. The van der Waals surface area contributed by atoms with Crippen molar-refractivity contribution in [2.75, 3.05) is 50.8 Å². The standard InChI is InChI=1S/C19H28N4O4S3/c1-14(18(24)20-15-2-3-15)21-5-7-22(8-6-21)19(25)17-16(4-11-29-17)30(26,27)23-9-12-28-13-10-23/h4,11,14-15H,2-3,5-10,12-13H2,1H3,(H,20,24). The first-order valence-corrected chi connectivity index (χ1v) is 13.8. The van der Waals surface area contributed by atoms with Crippen LogP contribution in [0.2, 0.25) is 0 Å². The van der Waals surface area contributed by atoms with Gasteiger partial charge in [-0.3, -0.25) is 14.5 Å². The number of amides is 2. The molecule has 1 aromatic heterocycles. The van der Waals surface area contributed by atoms with Crippen LogP contribution in [0.4, 0.5) is 0 Å². The fourth-order valence-corrected chi connectivity index (χ4v) is 7.69. The molecule has 8 nitrogen and oxygen atoms in total. The lowest BCUT2D eigenvalue weighted by molar-refractivity contribution is -0.126. The van der Waals surface area contributed by atoms with E-state index in [-0.39, 0.29) is 22.8 Å². The molecule has 1 N–H and O–H groups in total. The van der Waals surface area contributed by atoms with Crippen LogP contribution in [0.5, 0.6) is 0 Å². The van der Waals surface area contributed by atoms with E-state index in [4.69, 9.17) is 0 Å². The second-order valence-electron chi connectivity index (χ2n) is 7.92. The summed E-state index contributed by atoms with van der Waals surface area (Å²) in [4.78, 5) is 29.6. The van der Waals surface area contributed by atoms with E-state index in [1.54, 1.807) is 28.1 Å². The smallest absolute Gasteiger partial charge is 0.265 e. The van der Waals surface area contributed by atoms with Gasteiger partial charge >= 0.3 is 0 Å². The van der Waals surface area contributed by atoms with Crippen molar-refractivity contribution in [2.24, 2.45) is 0 Å². The van der Waals surface area contributed by atoms with Crippen molar-refractivity contribution in [3.8, 4) is 0 Å². The van der Waals surface area contributed by atoms with Gasteiger partial charge in [0.15, 0.2) is 0 Å². The van der Waals surface area contributed by atoms with E-state index in [0.29, 0.717) is 50.2 Å². The van der Waals surface area contributed by atoms with Gasteiger partial charge in [0.25, 0.3) is 5.91 Å². The summed E-state index contributed by atoms with van der Waals surface area (Å²) in [7, 11) is -3.65. The quantitative estimate of drug-likeness (QED) is 0.662. The first kappa shape index (κ1) is 22.1. The molecule has 0 bridgehead atoms. The average Bonchev–Trinajstić information content (AvgIpc) is 3.44. The molecule has 4 rings (SSSR count). The average molecular weight is 473 g/mol. The summed E-state index contributed by atoms with van der Waals surface area (Å²) in [5, 5.41) is 4.71. The fraction of sp³-hybridized carbons (Fsp3) is 0.684. The highest BCUT2D eigenvalue weighted by molar-refractivity contribution is 7.99. The number of carbonyl (C=O) groups excluding carboxylic acids is 2. The van der Waals surface area contributed by atoms with E-state index < -0.39 is 10.0 Å². The number of rotatable bonds is 6. The minimum absolute atomic E-state index is 0.0450. The number of hydrogen-bond donors (Lipinski definition) is 1. The third-order valence-corrected chi connectivity index (χ3v) is 9.78. The SMILES string of the molecule is CC(C(=O)NC1CC1)N1CCN(C(=O)c2sccc2S(=O)(=O)N2CCSCC2)CC1. The largest absolute Gasteiger partial charge is 0.352 e. The van der Waals surface area contributed by atoms with Gasteiger partial charge in [0.05, 0.1) is 6.04 Å². The highest BCUT2D eigenvalue weighted by Crippen LogP contribution is 2.28. The number of hydrogen-bond acceptors (Lipinski definition) is 7. The zero-order chi connectivity index (χ0) is 21.3. The van der Waals surface area contributed by atoms with Crippen molar-refractivity contribution in [1.82, 2.24) is 19.4 Å². The van der Waals surface area contributed by atoms with E-state index in [2.05, 4.69) is 10.2 Å². The lowest BCUT2D eigenvalue weighted by Gasteiger charge is -2.37. The third kappa shape index (κ3) is 4.69. The molecule has 1 aliphatic carbocycles. The molecule has 0 spiro atoms. The first-order chi connectivity index (χ1) is 14.4. The second-order valence-corrected chi connectivity index (χ2v) is 12.0. The van der Waals surface area contributed by atoms with Gasteiger partial charge in [-0.15, -0.1) is 11.3 Å². The van der Waals surface area contributed by atoms with E-state index in [1.165, 1.54) is 15.6 Å². The fourth-order valence-electron chi connectivity index (χ4n) is 3.75. The number of thioether (sulfide) groups is 1. The Morgan fingerprint density at radius 1 is 1.10 bits per heavy atom. The summed E-state index contributed by atoms with van der Waals surface area (Å²) >= 11 is 2.93. The lowest BCUT2D eigenvalue weighted by atomic mass is 10.2. The molecular formula is C19H28N4O4S3. The van der Waals surface area contributed by atoms with Crippen molar-refractivity contribution in [3.63, 3.8) is 0 Å². The normalized spacial score (nSPS) is 22.6. The van der Waals surface area contributed by atoms with Gasteiger partial charge in [0.2, 0.25) is 15.9 Å². The monoisotopic (exact) mass is 472 g/mol. The molecule has 2 saturated heterocycles. The molecule has 1 saturated carbocycles. The Labute approximate surface area is 186 Å². The third-order valence-electron chi connectivity index (χ3n) is 5.86. The molecule has 1 aromatic rings. The maximum absolute atomic E-state index is 13.1. The summed E-state index contributed by atoms with van der Waals surface area (Å²) in [6.45, 7) is 5.03. The van der Waals surface area contributed by atoms with Gasteiger partial charge in [-0.2, -0.15) is 16.1 Å². The number of thiophene rings is 1. The molecule has 0 aromatic carbocycles. The topological polar surface area (TPSA) is 90.0 Å². The van der Waals surface area contributed by atoms with E-state index >= 15 is 0 Å². The summed E-state index contributed by atoms with van der Waals surface area (Å²) in [5.74, 6) is 1.37. The molecule has 11 heteroatoms. The summed E-state index contributed by atoms with van der Waals surface area (Å²) in [6, 6.07) is 1.66. The Balaban J connectivity index is 1.39. The van der Waals surface area contributed by atoms with Crippen LogP contribution >= 0.6 is 23.1 Å². The van der Waals surface area contributed by atoms with Crippen LogP contribution in [-0.2, 0) is 14.8 Å². The Morgan fingerprint density at radius 2 is 1.77 bits per heavy atom. The van der Waals surface area contributed by atoms with Crippen molar-refractivity contribution in [3.05, 3.63) is 16.3 Å². The van der Waals surface area contributed by atoms with Crippen LogP contribution in [0.1, 0.15) is 29.4 Å². The van der Waals surface area contributed by atoms with Gasteiger partial charge in [-0.1, -0.05) is 0 Å². The molecule has 3 fully saturated rings. The summed E-state index contributed by atoms with van der Waals surface area (Å²) in [5.41, 5.74) is 0. The number of carbonyl (C=O) groups is 2. The number of nitrogens with one attached hydrogen (secondary N) is 1. The van der Waals surface area contributed by atoms with Crippen LogP contribution in [0.25, 0.3) is 0 Å². The Kier molecular flexibility index (Phi) is 6.73. The Bertz CT molecular complexity index is 885. The maximum atomic E-state index is 13.1. The first-order valence-electron chi connectivity index (χ1n) is 10.4. The number of nitrogens with zero attached hydrogens (tertiary/aromatic N) is 3. The molecule has 3 aliphatic rings. The molecule has 30 heavy (non-hydrogen) atoms. The van der Waals surface area contributed by atoms with Crippen LogP contribution in [-0.4, -0.2) is 97.2 Å². The summed E-state index contributed by atoms with van der Waals surface area (Å²) < 4.78 is 27.6. The van der Waals surface area contributed by atoms with E-state index in [0.717, 1.165) is 24.3 Å². The molecular weight excluding hydrogens is 444 g/mol. The van der Waals surface area contributed by atoms with Crippen molar-refractivity contribution in [2.45, 2.75) is 36.7 Å². The van der Waals surface area contributed by atoms with Crippen LogP contribution in [0, 0.1) is 0 Å².